The lowest BCUT2D eigenvalue weighted by molar-refractivity contribution is -0.118. The molecule has 3 aliphatic carbocycles. The van der Waals surface area contributed by atoms with Gasteiger partial charge in [-0.25, -0.2) is 9.98 Å². The monoisotopic (exact) mass is 594 g/mol. The van der Waals surface area contributed by atoms with Crippen LogP contribution in [0.25, 0.3) is 10.9 Å². The van der Waals surface area contributed by atoms with Crippen LogP contribution in [0.15, 0.2) is 64.7 Å². The molecule has 3 saturated carbocycles. The molecule has 41 heavy (non-hydrogen) atoms. The van der Waals surface area contributed by atoms with Crippen molar-refractivity contribution in [3.8, 4) is 0 Å². The number of nitrogens with zero attached hydrogens (tertiary/aromatic N) is 3. The van der Waals surface area contributed by atoms with Crippen LogP contribution < -0.4 is 21.7 Å². The molecule has 3 aliphatic rings. The van der Waals surface area contributed by atoms with Gasteiger partial charge >= 0.3 is 0 Å². The number of anilines is 1. The highest BCUT2D eigenvalue weighted by Crippen LogP contribution is 2.61. The van der Waals surface area contributed by atoms with Crippen LogP contribution in [-0.4, -0.2) is 27.5 Å². The zero-order chi connectivity index (χ0) is 29.5. The first-order valence-corrected chi connectivity index (χ1v) is 14.7. The molecule has 0 unspecified atom stereocenters. The summed E-state index contributed by atoms with van der Waals surface area (Å²) in [6.45, 7) is 12.8. The summed E-state index contributed by atoms with van der Waals surface area (Å²) in [6.07, 6.45) is 4.38. The predicted molar refractivity (Wildman–Crippen MR) is 166 cm³/mol. The molecule has 3 fully saturated rings. The molecule has 10 heteroatoms. The maximum atomic E-state index is 13.2. The van der Waals surface area contributed by atoms with Gasteiger partial charge < -0.3 is 5.32 Å². The van der Waals surface area contributed by atoms with Crippen molar-refractivity contribution < 1.29 is 4.79 Å². The third-order valence-corrected chi connectivity index (χ3v) is 9.60. The van der Waals surface area contributed by atoms with Gasteiger partial charge in [0.25, 0.3) is 11.5 Å². The normalized spacial score (nSPS) is 23.0. The lowest BCUT2D eigenvalue weighted by atomic mass is 9.45. The molecule has 6 rings (SSSR count). The van der Waals surface area contributed by atoms with Crippen molar-refractivity contribution in [3.05, 3.63) is 80.8 Å². The fraction of sp³-hybridized carbons (Fsp3) is 0.419. The Hall–Kier alpha value is -3.36. The summed E-state index contributed by atoms with van der Waals surface area (Å²) in [5.74, 6) is 1.81. The van der Waals surface area contributed by atoms with Crippen molar-refractivity contribution in [2.24, 2.45) is 28.2 Å². The third kappa shape index (κ3) is 5.99. The van der Waals surface area contributed by atoms with Crippen molar-refractivity contribution >= 4 is 51.7 Å². The van der Waals surface area contributed by atoms with Gasteiger partial charge in [-0.3, -0.25) is 25.0 Å². The van der Waals surface area contributed by atoms with Crippen LogP contribution in [0.1, 0.15) is 46.1 Å². The predicted octanol–water partition coefficient (Wildman–Crippen LogP) is 5.98. The Bertz CT molecular complexity index is 1600. The van der Waals surface area contributed by atoms with Gasteiger partial charge in [0.15, 0.2) is 0 Å². The van der Waals surface area contributed by atoms with Gasteiger partial charge in [0.1, 0.15) is 0 Å². The number of benzene rings is 2. The average molecular weight is 596 g/mol. The minimum Gasteiger partial charge on any atom is -0.325 e. The number of aryl methyl sites for hydroxylation is 2. The number of carbonyl (C=O) groups excluding carboxylic acids is 1. The average Bonchev–Trinajstić information content (AvgIpc) is 2.92. The number of carbonyl (C=O) groups is 1. The highest BCUT2D eigenvalue weighted by Gasteiger charge is 2.56. The molecule has 0 aliphatic heterocycles. The van der Waals surface area contributed by atoms with Crippen LogP contribution in [0.5, 0.6) is 0 Å². The Labute approximate surface area is 250 Å². The van der Waals surface area contributed by atoms with Crippen LogP contribution in [0.4, 0.5) is 5.69 Å². The summed E-state index contributed by atoms with van der Waals surface area (Å²) < 4.78 is 1.58. The molecule has 1 aromatic heterocycles. The Morgan fingerprint density at radius 1 is 1.17 bits per heavy atom. The van der Waals surface area contributed by atoms with E-state index in [1.165, 1.54) is 6.42 Å². The van der Waals surface area contributed by atoms with Gasteiger partial charge in [-0.2, -0.15) is 0 Å². The molecule has 1 amide bonds. The molecule has 0 saturated heterocycles. The molecule has 3 aromatic rings. The van der Waals surface area contributed by atoms with Gasteiger partial charge in [0.2, 0.25) is 5.96 Å². The first-order valence-electron chi connectivity index (χ1n) is 13.9. The third-order valence-electron chi connectivity index (χ3n) is 9.02. The molecular formula is C31H36Cl2N6O2. The topological polar surface area (TPSA) is 100 Å². The number of rotatable bonds is 6. The van der Waals surface area contributed by atoms with Gasteiger partial charge in [-0.1, -0.05) is 56.6 Å². The lowest BCUT2D eigenvalue weighted by Gasteiger charge is -2.61. The number of guanidine groups is 1. The van der Waals surface area contributed by atoms with Crippen molar-refractivity contribution in [3.63, 3.8) is 0 Å². The molecule has 2 aromatic carbocycles. The van der Waals surface area contributed by atoms with Crippen molar-refractivity contribution in [1.82, 2.24) is 20.4 Å². The number of halogens is 2. The molecule has 1 heterocycles. The standard InChI is InChI=1S/C31H36Cl2N6O2/c1-17(2)28(40)37-38-30(36-26-13-20-12-24(18(26)3)31(20,4)5)35-22-8-9-23-27(15-22)34-16-39(29(23)41)11-10-19-6-7-21(32)14-25(19)33/h6-9,14-16,18,20,24,26H,1,10-13H2,2-5H3,(H,37,40)(H2,35,36,38)/t18-,20+,24-,26-/m0/s1. The largest absolute Gasteiger partial charge is 0.325 e. The van der Waals surface area contributed by atoms with E-state index in [1.54, 1.807) is 42.1 Å². The molecule has 0 spiro atoms. The van der Waals surface area contributed by atoms with E-state index in [-0.39, 0.29) is 17.5 Å². The maximum Gasteiger partial charge on any atom is 0.264 e. The summed E-state index contributed by atoms with van der Waals surface area (Å²) >= 11 is 12.3. The van der Waals surface area contributed by atoms with Crippen molar-refractivity contribution in [2.75, 3.05) is 5.32 Å². The molecule has 216 valence electrons. The van der Waals surface area contributed by atoms with Crippen LogP contribution in [0, 0.1) is 23.2 Å². The van der Waals surface area contributed by atoms with Gasteiger partial charge in [-0.05, 0) is 85.3 Å². The van der Waals surface area contributed by atoms with Crippen LogP contribution in [-0.2, 0) is 17.8 Å². The highest BCUT2D eigenvalue weighted by molar-refractivity contribution is 6.35. The SMILES string of the molecule is C=C(C)C(=O)NNC(=N[C@H]1C[C@H]2C[C@@H]([C@@H]1C)C2(C)C)Nc1ccc2c(=O)n(CCc3ccc(Cl)cc3Cl)cnc2c1. The summed E-state index contributed by atoms with van der Waals surface area (Å²) in [7, 11) is 0. The molecule has 0 radical (unpaired) electrons. The van der Waals surface area contributed by atoms with Crippen LogP contribution in [0.3, 0.4) is 0 Å². The van der Waals surface area contributed by atoms with Crippen LogP contribution in [0.2, 0.25) is 10.0 Å². The molecule has 3 N–H and O–H groups in total. The van der Waals surface area contributed by atoms with E-state index < -0.39 is 0 Å². The van der Waals surface area contributed by atoms with Crippen molar-refractivity contribution in [1.29, 1.82) is 0 Å². The minimum absolute atomic E-state index is 0.128. The Kier molecular flexibility index (Phi) is 8.17. The highest BCUT2D eigenvalue weighted by atomic mass is 35.5. The summed E-state index contributed by atoms with van der Waals surface area (Å²) in [5, 5.41) is 4.95. The van der Waals surface area contributed by atoms with E-state index in [1.807, 2.05) is 12.1 Å². The molecule has 2 bridgehead atoms. The van der Waals surface area contributed by atoms with E-state index in [0.29, 0.717) is 74.3 Å². The molecule has 4 atom stereocenters. The Morgan fingerprint density at radius 2 is 1.95 bits per heavy atom. The number of hydrogen-bond donors (Lipinski definition) is 3. The summed E-state index contributed by atoms with van der Waals surface area (Å²) in [6, 6.07) is 10.9. The van der Waals surface area contributed by atoms with Crippen LogP contribution >= 0.6 is 23.2 Å². The first kappa shape index (κ1) is 29.1. The molecule has 8 nitrogen and oxygen atoms in total. The smallest absolute Gasteiger partial charge is 0.264 e. The Balaban J connectivity index is 1.35. The second kappa shape index (κ2) is 11.5. The fourth-order valence-corrected chi connectivity index (χ4v) is 6.78. The quantitative estimate of drug-likeness (QED) is 0.141. The van der Waals surface area contributed by atoms with Gasteiger partial charge in [0.05, 0.1) is 23.3 Å². The second-order valence-corrected chi connectivity index (χ2v) is 12.8. The second-order valence-electron chi connectivity index (χ2n) is 11.9. The lowest BCUT2D eigenvalue weighted by Crippen LogP contribution is -2.57. The van der Waals surface area contributed by atoms with E-state index in [4.69, 9.17) is 28.2 Å². The number of hydrogen-bond acceptors (Lipinski definition) is 4. The Morgan fingerprint density at radius 3 is 2.63 bits per heavy atom. The van der Waals surface area contributed by atoms with Gasteiger partial charge in [0, 0.05) is 27.9 Å². The number of aliphatic imine (C=N–C) groups is 1. The summed E-state index contributed by atoms with van der Waals surface area (Å²) in [4.78, 5) is 35.0. The zero-order valence-corrected chi connectivity index (χ0v) is 25.3. The number of nitrogens with one attached hydrogen (secondary N) is 3. The van der Waals surface area contributed by atoms with E-state index in [2.05, 4.69) is 48.5 Å². The van der Waals surface area contributed by atoms with E-state index >= 15 is 0 Å². The number of hydrazine groups is 1. The zero-order valence-electron chi connectivity index (χ0n) is 23.8. The summed E-state index contributed by atoms with van der Waals surface area (Å²) in [5.41, 5.74) is 8.37. The minimum atomic E-state index is -0.319. The maximum absolute atomic E-state index is 13.2. The van der Waals surface area contributed by atoms with E-state index in [9.17, 15) is 9.59 Å². The van der Waals surface area contributed by atoms with Gasteiger partial charge in [-0.15, -0.1) is 0 Å². The number of amides is 1. The van der Waals surface area contributed by atoms with E-state index in [0.717, 1.165) is 12.0 Å². The number of aromatic nitrogens is 2. The van der Waals surface area contributed by atoms with Crippen molar-refractivity contribution in [2.45, 2.75) is 59.5 Å². The fourth-order valence-electron chi connectivity index (χ4n) is 6.27. The first-order chi connectivity index (χ1) is 19.4. The number of fused-ring (bicyclic) bond motifs is 3. The molecular weight excluding hydrogens is 559 g/mol.